The first-order valence-corrected chi connectivity index (χ1v) is 8.19. The Kier molecular flexibility index (Phi) is 4.18. The first-order valence-electron chi connectivity index (χ1n) is 6.99. The summed E-state index contributed by atoms with van der Waals surface area (Å²) in [7, 11) is 0. The maximum Gasteiger partial charge on any atom is 0.261 e. The number of carbonyl (C=O) groups is 2. The van der Waals surface area contributed by atoms with Crippen molar-refractivity contribution in [2.75, 3.05) is 6.54 Å². The molecule has 6 heteroatoms. The molecule has 0 atom stereocenters. The van der Waals surface area contributed by atoms with Crippen LogP contribution in [-0.2, 0) is 13.0 Å². The van der Waals surface area contributed by atoms with Crippen molar-refractivity contribution in [3.8, 4) is 0 Å². The van der Waals surface area contributed by atoms with Crippen LogP contribution >= 0.6 is 22.9 Å². The van der Waals surface area contributed by atoms with E-state index >= 15 is 0 Å². The zero-order chi connectivity index (χ0) is 15.7. The number of thiophene rings is 1. The van der Waals surface area contributed by atoms with Gasteiger partial charge in [-0.1, -0.05) is 23.7 Å². The summed E-state index contributed by atoms with van der Waals surface area (Å²) in [5.41, 5.74) is 2.51. The molecule has 2 N–H and O–H groups in total. The molecule has 3 rings (SSSR count). The van der Waals surface area contributed by atoms with Crippen LogP contribution in [0.2, 0.25) is 5.02 Å². The summed E-state index contributed by atoms with van der Waals surface area (Å²) < 4.78 is 0. The Morgan fingerprint density at radius 3 is 2.82 bits per heavy atom. The molecule has 0 aliphatic carbocycles. The molecule has 0 bridgehead atoms. The monoisotopic (exact) mass is 334 g/mol. The summed E-state index contributed by atoms with van der Waals surface area (Å²) in [6.07, 6.45) is 0.703. The minimum atomic E-state index is -0.125. The van der Waals surface area contributed by atoms with Gasteiger partial charge in [0.05, 0.1) is 10.4 Å². The van der Waals surface area contributed by atoms with Crippen molar-refractivity contribution in [3.63, 3.8) is 0 Å². The molecule has 1 aliphatic heterocycles. The lowest BCUT2D eigenvalue weighted by atomic mass is 10.0. The van der Waals surface area contributed by atoms with Crippen LogP contribution < -0.4 is 10.6 Å². The topological polar surface area (TPSA) is 58.2 Å². The van der Waals surface area contributed by atoms with Gasteiger partial charge >= 0.3 is 0 Å². The average Bonchev–Trinajstić information content (AvgIpc) is 2.84. The maximum atomic E-state index is 12.5. The highest BCUT2D eigenvalue weighted by Gasteiger charge is 2.27. The van der Waals surface area contributed by atoms with Crippen LogP contribution in [-0.4, -0.2) is 18.4 Å². The van der Waals surface area contributed by atoms with Crippen molar-refractivity contribution < 1.29 is 9.59 Å². The molecule has 0 unspecified atom stereocenters. The van der Waals surface area contributed by atoms with E-state index in [2.05, 4.69) is 10.6 Å². The van der Waals surface area contributed by atoms with Gasteiger partial charge in [-0.25, -0.2) is 0 Å². The van der Waals surface area contributed by atoms with Crippen LogP contribution in [0, 0.1) is 6.92 Å². The summed E-state index contributed by atoms with van der Waals surface area (Å²) in [6, 6.07) is 7.36. The number of halogens is 1. The van der Waals surface area contributed by atoms with Gasteiger partial charge in [0.25, 0.3) is 11.8 Å². The van der Waals surface area contributed by atoms with Crippen molar-refractivity contribution >= 4 is 34.8 Å². The van der Waals surface area contributed by atoms with E-state index < -0.39 is 0 Å². The molecule has 0 fully saturated rings. The second-order valence-corrected chi connectivity index (χ2v) is 6.82. The zero-order valence-corrected chi connectivity index (χ0v) is 13.6. The molecule has 1 aromatic carbocycles. The van der Waals surface area contributed by atoms with Gasteiger partial charge in [0.2, 0.25) is 0 Å². The molecule has 114 valence electrons. The molecule has 1 aliphatic rings. The van der Waals surface area contributed by atoms with Crippen LogP contribution in [0.5, 0.6) is 0 Å². The molecule has 22 heavy (non-hydrogen) atoms. The van der Waals surface area contributed by atoms with Gasteiger partial charge in [0.15, 0.2) is 0 Å². The van der Waals surface area contributed by atoms with Crippen molar-refractivity contribution in [3.05, 3.63) is 55.7 Å². The fourth-order valence-electron chi connectivity index (χ4n) is 2.56. The predicted octanol–water partition coefficient (Wildman–Crippen LogP) is 2.93. The highest BCUT2D eigenvalue weighted by Crippen LogP contribution is 2.30. The van der Waals surface area contributed by atoms with Crippen molar-refractivity contribution in [2.24, 2.45) is 0 Å². The zero-order valence-electron chi connectivity index (χ0n) is 12.0. The number of benzene rings is 1. The molecule has 0 radical (unpaired) electrons. The molecule has 1 aromatic heterocycles. The summed E-state index contributed by atoms with van der Waals surface area (Å²) >= 11 is 7.23. The van der Waals surface area contributed by atoms with E-state index in [1.165, 1.54) is 11.3 Å². The van der Waals surface area contributed by atoms with Crippen LogP contribution in [0.15, 0.2) is 24.3 Å². The standard InChI is InChI=1S/C16H15ClN2O2S/c1-9-13(12-6-7-18-16(21)14(12)22-9)15(20)19-8-10-2-4-11(17)5-3-10/h2-5H,6-8H2,1H3,(H,18,21)(H,19,20). The SMILES string of the molecule is Cc1sc2c(c1C(=O)NCc1ccc(Cl)cc1)CCNC2=O. The Labute approximate surface area is 137 Å². The fraction of sp³-hybridized carbons (Fsp3) is 0.250. The van der Waals surface area contributed by atoms with Crippen LogP contribution in [0.25, 0.3) is 0 Å². The van der Waals surface area contributed by atoms with Crippen LogP contribution in [0.3, 0.4) is 0 Å². The van der Waals surface area contributed by atoms with Crippen molar-refractivity contribution in [1.82, 2.24) is 10.6 Å². The molecule has 2 amide bonds. The molecule has 2 aromatic rings. The second-order valence-electron chi connectivity index (χ2n) is 5.16. The van der Waals surface area contributed by atoms with Gasteiger partial charge in [0, 0.05) is 23.0 Å². The van der Waals surface area contributed by atoms with Gasteiger partial charge in [-0.2, -0.15) is 0 Å². The number of aryl methyl sites for hydroxylation is 1. The minimum absolute atomic E-state index is 0.0777. The average molecular weight is 335 g/mol. The lowest BCUT2D eigenvalue weighted by Gasteiger charge is -2.14. The predicted molar refractivity (Wildman–Crippen MR) is 87.7 cm³/mol. The number of fused-ring (bicyclic) bond motifs is 1. The largest absolute Gasteiger partial charge is 0.351 e. The highest BCUT2D eigenvalue weighted by molar-refractivity contribution is 7.14. The number of hydrogen-bond acceptors (Lipinski definition) is 3. The first-order chi connectivity index (χ1) is 10.6. The van der Waals surface area contributed by atoms with Crippen molar-refractivity contribution in [2.45, 2.75) is 19.9 Å². The Hall–Kier alpha value is -1.85. The Morgan fingerprint density at radius 2 is 2.09 bits per heavy atom. The van der Waals surface area contributed by atoms with E-state index in [9.17, 15) is 9.59 Å². The van der Waals surface area contributed by atoms with E-state index in [4.69, 9.17) is 11.6 Å². The molecular weight excluding hydrogens is 320 g/mol. The maximum absolute atomic E-state index is 12.5. The molecular formula is C16H15ClN2O2S. The lowest BCUT2D eigenvalue weighted by molar-refractivity contribution is 0.0948. The number of hydrogen-bond donors (Lipinski definition) is 2. The number of rotatable bonds is 3. The normalized spacial score (nSPS) is 13.5. The Morgan fingerprint density at radius 1 is 1.36 bits per heavy atom. The molecule has 0 saturated carbocycles. The Balaban J connectivity index is 1.78. The highest BCUT2D eigenvalue weighted by atomic mass is 35.5. The quantitative estimate of drug-likeness (QED) is 0.906. The third-order valence-electron chi connectivity index (χ3n) is 3.64. The summed E-state index contributed by atoms with van der Waals surface area (Å²) in [5.74, 6) is -0.203. The van der Waals surface area contributed by atoms with E-state index in [1.807, 2.05) is 19.1 Å². The summed E-state index contributed by atoms with van der Waals surface area (Å²) in [5, 5.41) is 6.40. The summed E-state index contributed by atoms with van der Waals surface area (Å²) in [4.78, 5) is 25.9. The lowest BCUT2D eigenvalue weighted by Crippen LogP contribution is -2.32. The second kappa shape index (κ2) is 6.10. The number of nitrogens with one attached hydrogen (secondary N) is 2. The van der Waals surface area contributed by atoms with Gasteiger partial charge < -0.3 is 10.6 Å². The smallest absolute Gasteiger partial charge is 0.261 e. The van der Waals surface area contributed by atoms with E-state index in [0.29, 0.717) is 35.0 Å². The third-order valence-corrected chi connectivity index (χ3v) is 5.04. The Bertz CT molecular complexity index is 737. The van der Waals surface area contributed by atoms with E-state index in [0.717, 1.165) is 16.0 Å². The van der Waals surface area contributed by atoms with Crippen LogP contribution in [0.1, 0.15) is 36.0 Å². The molecule has 2 heterocycles. The first kappa shape index (κ1) is 15.1. The number of amides is 2. The van der Waals surface area contributed by atoms with Gasteiger partial charge in [0.1, 0.15) is 0 Å². The van der Waals surface area contributed by atoms with Crippen molar-refractivity contribution in [1.29, 1.82) is 0 Å². The third kappa shape index (κ3) is 2.87. The van der Waals surface area contributed by atoms with E-state index in [-0.39, 0.29) is 11.8 Å². The van der Waals surface area contributed by atoms with E-state index in [1.54, 1.807) is 12.1 Å². The molecule has 0 spiro atoms. The van der Waals surface area contributed by atoms with Crippen LogP contribution in [0.4, 0.5) is 0 Å². The minimum Gasteiger partial charge on any atom is -0.351 e. The van der Waals surface area contributed by atoms with Gasteiger partial charge in [-0.05, 0) is 36.6 Å². The molecule has 4 nitrogen and oxygen atoms in total. The summed E-state index contributed by atoms with van der Waals surface area (Å²) in [6.45, 7) is 2.90. The fourth-order valence-corrected chi connectivity index (χ4v) is 3.81. The van der Waals surface area contributed by atoms with Gasteiger partial charge in [-0.15, -0.1) is 11.3 Å². The molecule has 0 saturated heterocycles. The number of carbonyl (C=O) groups excluding carboxylic acids is 2. The van der Waals surface area contributed by atoms with Gasteiger partial charge in [-0.3, -0.25) is 9.59 Å².